The molecule has 3 rings (SSSR count). The number of aryl methyl sites for hydroxylation is 3. The maximum atomic E-state index is 12.3. The largest absolute Gasteiger partial charge is 0.483 e. The Morgan fingerprint density at radius 2 is 1.80 bits per heavy atom. The monoisotopic (exact) mass is 336 g/mol. The van der Waals surface area contributed by atoms with Crippen LogP contribution < -0.4 is 15.6 Å². The van der Waals surface area contributed by atoms with Gasteiger partial charge in [-0.3, -0.25) is 9.59 Å². The highest BCUT2D eigenvalue weighted by atomic mass is 16.5. The fourth-order valence-electron chi connectivity index (χ4n) is 3.01. The van der Waals surface area contributed by atoms with Gasteiger partial charge < -0.3 is 15.0 Å². The van der Waals surface area contributed by atoms with Gasteiger partial charge in [0, 0.05) is 17.3 Å². The van der Waals surface area contributed by atoms with Crippen molar-refractivity contribution in [2.75, 3.05) is 11.9 Å². The summed E-state index contributed by atoms with van der Waals surface area (Å²) in [5.41, 5.74) is 3.82. The van der Waals surface area contributed by atoms with Crippen LogP contribution in [0.3, 0.4) is 0 Å². The molecule has 0 atom stereocenters. The number of carbonyl (C=O) groups excluding carboxylic acids is 1. The molecule has 0 unspecified atom stereocenters. The van der Waals surface area contributed by atoms with Crippen LogP contribution in [-0.2, 0) is 4.79 Å². The van der Waals surface area contributed by atoms with Crippen LogP contribution in [0, 0.1) is 20.8 Å². The first-order chi connectivity index (χ1) is 12.0. The Morgan fingerprint density at radius 3 is 2.52 bits per heavy atom. The maximum Gasteiger partial charge on any atom is 0.262 e. The van der Waals surface area contributed by atoms with Crippen molar-refractivity contribution in [2.45, 2.75) is 20.8 Å². The standard InChI is InChI=1S/C20H20N2O3/c1-12-9-13(2)19(14(3)10-12)22-18(23)11-25-17-6-4-5-16-15(17)7-8-21-20(16)24/h4-10H,11H2,1-3H3,(H,21,24)(H,22,23). The zero-order valence-electron chi connectivity index (χ0n) is 14.5. The lowest BCUT2D eigenvalue weighted by atomic mass is 10.1. The molecule has 0 aliphatic rings. The SMILES string of the molecule is Cc1cc(C)c(NC(=O)COc2cccc3c(=O)[nH]ccc23)c(C)c1. The quantitative estimate of drug-likeness (QED) is 0.766. The van der Waals surface area contributed by atoms with Crippen molar-refractivity contribution in [1.82, 2.24) is 4.98 Å². The Balaban J connectivity index is 1.76. The Morgan fingerprint density at radius 1 is 1.08 bits per heavy atom. The van der Waals surface area contributed by atoms with E-state index in [0.29, 0.717) is 16.5 Å². The number of carbonyl (C=O) groups is 1. The van der Waals surface area contributed by atoms with Crippen LogP contribution in [0.5, 0.6) is 5.75 Å². The lowest BCUT2D eigenvalue weighted by Gasteiger charge is -2.14. The first-order valence-electron chi connectivity index (χ1n) is 8.06. The van der Waals surface area contributed by atoms with E-state index in [-0.39, 0.29) is 18.1 Å². The predicted octanol–water partition coefficient (Wildman–Crippen LogP) is 3.47. The molecule has 25 heavy (non-hydrogen) atoms. The molecule has 1 aromatic heterocycles. The molecule has 0 saturated heterocycles. The summed E-state index contributed by atoms with van der Waals surface area (Å²) in [7, 11) is 0. The number of H-pyrrole nitrogens is 1. The number of amides is 1. The minimum Gasteiger partial charge on any atom is -0.483 e. The highest BCUT2D eigenvalue weighted by Crippen LogP contribution is 2.24. The van der Waals surface area contributed by atoms with E-state index in [1.807, 2.05) is 32.9 Å². The molecule has 2 aromatic carbocycles. The highest BCUT2D eigenvalue weighted by Gasteiger charge is 2.10. The zero-order valence-corrected chi connectivity index (χ0v) is 14.5. The molecular formula is C20H20N2O3. The number of benzene rings is 2. The summed E-state index contributed by atoms with van der Waals surface area (Å²) < 4.78 is 5.65. The van der Waals surface area contributed by atoms with Crippen molar-refractivity contribution >= 4 is 22.4 Å². The van der Waals surface area contributed by atoms with Crippen molar-refractivity contribution in [1.29, 1.82) is 0 Å². The fraction of sp³-hybridized carbons (Fsp3) is 0.200. The Hall–Kier alpha value is -3.08. The number of hydrogen-bond donors (Lipinski definition) is 2. The number of ether oxygens (including phenoxy) is 1. The van der Waals surface area contributed by atoms with Gasteiger partial charge in [0.15, 0.2) is 6.61 Å². The number of nitrogens with one attached hydrogen (secondary N) is 2. The van der Waals surface area contributed by atoms with Gasteiger partial charge >= 0.3 is 0 Å². The molecule has 0 aliphatic heterocycles. The zero-order chi connectivity index (χ0) is 18.0. The van der Waals surface area contributed by atoms with Crippen LogP contribution >= 0.6 is 0 Å². The van der Waals surface area contributed by atoms with Gasteiger partial charge in [0.2, 0.25) is 0 Å². The minimum atomic E-state index is -0.239. The maximum absolute atomic E-state index is 12.3. The second-order valence-corrected chi connectivity index (χ2v) is 6.13. The molecule has 0 saturated carbocycles. The van der Waals surface area contributed by atoms with E-state index in [1.54, 1.807) is 30.5 Å². The average molecular weight is 336 g/mol. The van der Waals surface area contributed by atoms with Crippen molar-refractivity contribution in [3.63, 3.8) is 0 Å². The lowest BCUT2D eigenvalue weighted by Crippen LogP contribution is -2.21. The van der Waals surface area contributed by atoms with E-state index in [4.69, 9.17) is 4.74 Å². The molecule has 2 N–H and O–H groups in total. The third-order valence-electron chi connectivity index (χ3n) is 4.08. The third kappa shape index (κ3) is 3.55. The van der Waals surface area contributed by atoms with E-state index in [0.717, 1.165) is 22.4 Å². The van der Waals surface area contributed by atoms with E-state index >= 15 is 0 Å². The van der Waals surface area contributed by atoms with E-state index in [2.05, 4.69) is 10.3 Å². The summed E-state index contributed by atoms with van der Waals surface area (Å²) in [6, 6.07) is 11.0. The summed E-state index contributed by atoms with van der Waals surface area (Å²) in [6.07, 6.45) is 1.57. The molecular weight excluding hydrogens is 316 g/mol. The molecule has 0 radical (unpaired) electrons. The van der Waals surface area contributed by atoms with Crippen molar-refractivity contribution in [3.8, 4) is 5.75 Å². The smallest absolute Gasteiger partial charge is 0.262 e. The predicted molar refractivity (Wildman–Crippen MR) is 99.3 cm³/mol. The van der Waals surface area contributed by atoms with Crippen LogP contribution in [0.2, 0.25) is 0 Å². The van der Waals surface area contributed by atoms with Crippen molar-refractivity contribution in [3.05, 3.63) is 69.6 Å². The first kappa shape index (κ1) is 16.8. The van der Waals surface area contributed by atoms with Gasteiger partial charge in [-0.25, -0.2) is 0 Å². The van der Waals surface area contributed by atoms with Crippen LogP contribution in [0.25, 0.3) is 10.8 Å². The lowest BCUT2D eigenvalue weighted by molar-refractivity contribution is -0.118. The topological polar surface area (TPSA) is 71.2 Å². The minimum absolute atomic E-state index is 0.126. The second kappa shape index (κ2) is 6.81. The molecule has 5 heteroatoms. The van der Waals surface area contributed by atoms with E-state index in [1.165, 1.54) is 0 Å². The van der Waals surface area contributed by atoms with Crippen molar-refractivity contribution < 1.29 is 9.53 Å². The Kier molecular flexibility index (Phi) is 4.57. The van der Waals surface area contributed by atoms with E-state index in [9.17, 15) is 9.59 Å². The van der Waals surface area contributed by atoms with Crippen LogP contribution in [0.15, 0.2) is 47.4 Å². The summed E-state index contributed by atoms with van der Waals surface area (Å²) in [4.78, 5) is 26.7. The third-order valence-corrected chi connectivity index (χ3v) is 4.08. The van der Waals surface area contributed by atoms with Gasteiger partial charge in [-0.2, -0.15) is 0 Å². The Labute approximate surface area is 145 Å². The molecule has 1 amide bonds. The fourth-order valence-corrected chi connectivity index (χ4v) is 3.01. The number of hydrogen-bond acceptors (Lipinski definition) is 3. The van der Waals surface area contributed by atoms with Gasteiger partial charge in [0.25, 0.3) is 11.5 Å². The highest BCUT2D eigenvalue weighted by molar-refractivity contribution is 5.94. The second-order valence-electron chi connectivity index (χ2n) is 6.13. The van der Waals surface area contributed by atoms with Gasteiger partial charge in [-0.1, -0.05) is 23.8 Å². The molecule has 128 valence electrons. The molecule has 0 aliphatic carbocycles. The average Bonchev–Trinajstić information content (AvgIpc) is 2.56. The van der Waals surface area contributed by atoms with Gasteiger partial charge in [-0.05, 0) is 50.1 Å². The molecule has 0 fully saturated rings. The molecule has 3 aromatic rings. The molecule has 5 nitrogen and oxygen atoms in total. The van der Waals surface area contributed by atoms with Crippen LogP contribution in [-0.4, -0.2) is 17.5 Å². The summed E-state index contributed by atoms with van der Waals surface area (Å²) in [5.74, 6) is 0.271. The molecule has 0 spiro atoms. The Bertz CT molecular complexity index is 982. The molecule has 1 heterocycles. The van der Waals surface area contributed by atoms with Crippen LogP contribution in [0.4, 0.5) is 5.69 Å². The normalized spacial score (nSPS) is 10.7. The van der Waals surface area contributed by atoms with Gasteiger partial charge in [-0.15, -0.1) is 0 Å². The van der Waals surface area contributed by atoms with E-state index < -0.39 is 0 Å². The molecule has 0 bridgehead atoms. The number of rotatable bonds is 4. The number of aromatic nitrogens is 1. The number of anilines is 1. The summed E-state index contributed by atoms with van der Waals surface area (Å²) in [6.45, 7) is 5.83. The van der Waals surface area contributed by atoms with Gasteiger partial charge in [0.05, 0.1) is 5.39 Å². The summed E-state index contributed by atoms with van der Waals surface area (Å²) >= 11 is 0. The number of pyridine rings is 1. The number of aromatic amines is 1. The first-order valence-corrected chi connectivity index (χ1v) is 8.06. The van der Waals surface area contributed by atoms with Crippen LogP contribution in [0.1, 0.15) is 16.7 Å². The summed E-state index contributed by atoms with van der Waals surface area (Å²) in [5, 5.41) is 4.12. The van der Waals surface area contributed by atoms with Gasteiger partial charge in [0.1, 0.15) is 5.75 Å². The van der Waals surface area contributed by atoms with Crippen molar-refractivity contribution in [2.24, 2.45) is 0 Å². The number of fused-ring (bicyclic) bond motifs is 1.